The second-order valence-corrected chi connectivity index (χ2v) is 8.50. The number of rotatable bonds is 6. The van der Waals surface area contributed by atoms with Crippen molar-refractivity contribution in [3.8, 4) is 0 Å². The summed E-state index contributed by atoms with van der Waals surface area (Å²) in [7, 11) is 0. The number of Topliss-reactive ketones (excluding diaryl/α,β-unsaturated/α-hetero) is 1. The summed E-state index contributed by atoms with van der Waals surface area (Å²) in [5, 5.41) is 2.76. The average Bonchev–Trinajstić information content (AvgIpc) is 2.98. The minimum atomic E-state index is -0.378. The minimum Gasteiger partial charge on any atom is -0.352 e. The van der Waals surface area contributed by atoms with Gasteiger partial charge in [-0.05, 0) is 50.1 Å². The van der Waals surface area contributed by atoms with Crippen molar-refractivity contribution in [2.24, 2.45) is 0 Å². The maximum Gasteiger partial charge on any atom is 0.269 e. The van der Waals surface area contributed by atoms with Crippen LogP contribution in [0.15, 0.2) is 53.3 Å². The summed E-state index contributed by atoms with van der Waals surface area (Å²) in [5.41, 5.74) is 1.63. The summed E-state index contributed by atoms with van der Waals surface area (Å²) in [6, 6.07) is 12.9. The first-order valence-electron chi connectivity index (χ1n) is 9.82. The highest BCUT2D eigenvalue weighted by atomic mass is 32.1. The Balaban J connectivity index is 2.13. The molecule has 2 aromatic carbocycles. The van der Waals surface area contributed by atoms with Gasteiger partial charge in [-0.1, -0.05) is 36.4 Å². The third-order valence-corrected chi connectivity index (χ3v) is 5.58. The summed E-state index contributed by atoms with van der Waals surface area (Å²) >= 11 is 1.12. The zero-order valence-electron chi connectivity index (χ0n) is 17.5. The molecule has 1 N–H and O–H groups in total. The van der Waals surface area contributed by atoms with E-state index in [0.29, 0.717) is 20.3 Å². The van der Waals surface area contributed by atoms with Crippen molar-refractivity contribution in [2.75, 3.05) is 0 Å². The van der Waals surface area contributed by atoms with Crippen molar-refractivity contribution in [1.82, 2.24) is 9.88 Å². The van der Waals surface area contributed by atoms with Gasteiger partial charge in [0.25, 0.3) is 5.56 Å². The number of carbonyl (C=O) groups is 2. The molecular weight excluding hydrogens is 415 g/mol. The molecule has 1 heterocycles. The first-order chi connectivity index (χ1) is 14.7. The van der Waals surface area contributed by atoms with Crippen molar-refractivity contribution in [3.63, 3.8) is 0 Å². The summed E-state index contributed by atoms with van der Waals surface area (Å²) in [5.74, 6) is -0.934. The van der Waals surface area contributed by atoms with Gasteiger partial charge in [0.05, 0.1) is 4.53 Å². The lowest BCUT2D eigenvalue weighted by molar-refractivity contribution is -0.122. The molecule has 0 aliphatic carbocycles. The number of ketones is 1. The molecule has 0 unspecified atom stereocenters. The van der Waals surface area contributed by atoms with E-state index in [1.54, 1.807) is 30.3 Å². The van der Waals surface area contributed by atoms with E-state index in [1.165, 1.54) is 22.8 Å². The molecule has 0 aliphatic rings. The van der Waals surface area contributed by atoms with E-state index in [4.69, 9.17) is 0 Å². The fourth-order valence-electron chi connectivity index (χ4n) is 3.05. The Hall–Kier alpha value is -3.32. The highest BCUT2D eigenvalue weighted by Gasteiger charge is 2.13. The Kier molecular flexibility index (Phi) is 6.97. The van der Waals surface area contributed by atoms with Crippen molar-refractivity contribution >= 4 is 35.2 Å². The molecule has 3 rings (SSSR count). The topological polar surface area (TPSA) is 68.2 Å². The van der Waals surface area contributed by atoms with Crippen LogP contribution < -0.4 is 20.1 Å². The van der Waals surface area contributed by atoms with Gasteiger partial charge in [-0.15, -0.1) is 11.3 Å². The van der Waals surface area contributed by atoms with Crippen LogP contribution in [0.1, 0.15) is 35.3 Å². The van der Waals surface area contributed by atoms with Crippen LogP contribution in [0.3, 0.4) is 0 Å². The largest absolute Gasteiger partial charge is 0.352 e. The van der Waals surface area contributed by atoms with Gasteiger partial charge in [0.15, 0.2) is 5.78 Å². The molecule has 0 saturated heterocycles. The summed E-state index contributed by atoms with van der Waals surface area (Å²) < 4.78 is 15.2. The van der Waals surface area contributed by atoms with E-state index in [1.807, 2.05) is 32.9 Å². The monoisotopic (exact) mass is 438 g/mol. The number of hydrogen-bond acceptors (Lipinski definition) is 4. The number of hydrogen-bond donors (Lipinski definition) is 1. The smallest absolute Gasteiger partial charge is 0.269 e. The van der Waals surface area contributed by atoms with Crippen LogP contribution >= 0.6 is 11.3 Å². The highest BCUT2D eigenvalue weighted by Crippen LogP contribution is 2.08. The molecule has 0 fully saturated rings. The van der Waals surface area contributed by atoms with E-state index in [-0.39, 0.29) is 35.7 Å². The molecule has 5 nitrogen and oxygen atoms in total. The molecule has 31 heavy (non-hydrogen) atoms. The van der Waals surface area contributed by atoms with Crippen molar-refractivity contribution in [1.29, 1.82) is 0 Å². The lowest BCUT2D eigenvalue weighted by Crippen LogP contribution is -2.40. The Labute approximate surface area is 183 Å². The third kappa shape index (κ3) is 5.64. The minimum absolute atomic E-state index is 0.0758. The van der Waals surface area contributed by atoms with Crippen LogP contribution in [0.5, 0.6) is 0 Å². The van der Waals surface area contributed by atoms with Crippen molar-refractivity contribution in [3.05, 3.63) is 90.6 Å². The van der Waals surface area contributed by atoms with Crippen LogP contribution in [0.25, 0.3) is 12.2 Å². The maximum absolute atomic E-state index is 13.2. The number of halogens is 1. The fourth-order valence-corrected chi connectivity index (χ4v) is 4.10. The maximum atomic E-state index is 13.2. The Morgan fingerprint density at radius 3 is 2.45 bits per heavy atom. The second kappa shape index (κ2) is 9.66. The Morgan fingerprint density at radius 1 is 1.13 bits per heavy atom. The molecule has 1 aromatic heterocycles. The highest BCUT2D eigenvalue weighted by molar-refractivity contribution is 7.07. The van der Waals surface area contributed by atoms with Crippen LogP contribution in [0.4, 0.5) is 4.39 Å². The van der Waals surface area contributed by atoms with E-state index in [0.717, 1.165) is 16.9 Å². The molecule has 1 amide bonds. The summed E-state index contributed by atoms with van der Waals surface area (Å²) in [6.07, 6.45) is 3.01. The zero-order chi connectivity index (χ0) is 22.5. The second-order valence-electron chi connectivity index (χ2n) is 7.44. The van der Waals surface area contributed by atoms with Crippen LogP contribution in [0, 0.1) is 12.7 Å². The zero-order valence-corrected chi connectivity index (χ0v) is 18.3. The van der Waals surface area contributed by atoms with Gasteiger partial charge < -0.3 is 5.32 Å². The first kappa shape index (κ1) is 22.4. The van der Waals surface area contributed by atoms with Crippen LogP contribution in [0.2, 0.25) is 0 Å². The first-order valence-corrected chi connectivity index (χ1v) is 10.6. The lowest BCUT2D eigenvalue weighted by Gasteiger charge is -2.08. The number of aromatic nitrogens is 1. The standard InChI is InChI=1S/C24H23FN2O3S/c1-15(2)26-22(29)14-27-23(13-20(28)19-7-5-4-6-16(19)3)31-21(24(27)30)12-17-8-10-18(25)11-9-17/h4-13,15H,14H2,1-3H3,(H,26,29)/b21-12-,23-13-. The van der Waals surface area contributed by atoms with E-state index >= 15 is 0 Å². The SMILES string of the molecule is Cc1ccccc1C(=O)/C=c1\s/c(=C\c2ccc(F)cc2)c(=O)n1CC(=O)NC(C)C. The molecule has 0 atom stereocenters. The molecule has 0 saturated carbocycles. The van der Waals surface area contributed by atoms with E-state index in [2.05, 4.69) is 5.32 Å². The van der Waals surface area contributed by atoms with Gasteiger partial charge in [-0.3, -0.25) is 19.0 Å². The van der Waals surface area contributed by atoms with Gasteiger partial charge >= 0.3 is 0 Å². The van der Waals surface area contributed by atoms with Gasteiger partial charge in [-0.25, -0.2) is 4.39 Å². The predicted molar refractivity (Wildman–Crippen MR) is 121 cm³/mol. The number of nitrogens with one attached hydrogen (secondary N) is 1. The third-order valence-electron chi connectivity index (χ3n) is 4.52. The molecule has 0 radical (unpaired) electrons. The molecule has 3 aromatic rings. The van der Waals surface area contributed by atoms with Gasteiger partial charge in [0, 0.05) is 17.7 Å². The lowest BCUT2D eigenvalue weighted by atomic mass is 10.1. The molecule has 7 heteroatoms. The van der Waals surface area contributed by atoms with Crippen LogP contribution in [-0.2, 0) is 11.3 Å². The van der Waals surface area contributed by atoms with E-state index in [9.17, 15) is 18.8 Å². The number of thiazole rings is 1. The number of carbonyl (C=O) groups excluding carboxylic acids is 2. The Bertz CT molecular complexity index is 1290. The Morgan fingerprint density at radius 2 is 1.81 bits per heavy atom. The quantitative estimate of drug-likeness (QED) is 0.601. The molecule has 0 aliphatic heterocycles. The van der Waals surface area contributed by atoms with Gasteiger partial charge in [0.2, 0.25) is 5.91 Å². The molecule has 0 bridgehead atoms. The predicted octanol–water partition coefficient (Wildman–Crippen LogP) is 2.37. The van der Waals surface area contributed by atoms with Gasteiger partial charge in [-0.2, -0.15) is 0 Å². The molecule has 160 valence electrons. The molecular formula is C24H23FN2O3S. The summed E-state index contributed by atoms with van der Waals surface area (Å²) in [4.78, 5) is 38.2. The number of amides is 1. The normalized spacial score (nSPS) is 12.4. The average molecular weight is 439 g/mol. The summed E-state index contributed by atoms with van der Waals surface area (Å²) in [6.45, 7) is 5.30. The molecule has 0 spiro atoms. The fraction of sp³-hybridized carbons (Fsp3) is 0.208. The number of aryl methyl sites for hydroxylation is 1. The van der Waals surface area contributed by atoms with Crippen molar-refractivity contribution < 1.29 is 14.0 Å². The number of nitrogens with zero attached hydrogens (tertiary/aromatic N) is 1. The van der Waals surface area contributed by atoms with Crippen LogP contribution in [-0.4, -0.2) is 22.3 Å². The van der Waals surface area contributed by atoms with Crippen molar-refractivity contribution in [2.45, 2.75) is 33.4 Å². The number of benzene rings is 2. The van der Waals surface area contributed by atoms with Gasteiger partial charge in [0.1, 0.15) is 17.0 Å². The van der Waals surface area contributed by atoms with E-state index < -0.39 is 0 Å².